The van der Waals surface area contributed by atoms with Crippen molar-refractivity contribution in [3.05, 3.63) is 29.0 Å². The largest absolute Gasteiger partial charge is 0.391 e. The maximum Gasteiger partial charge on any atom is 0.143 e. The standard InChI is InChI=1S/C10H13ClN2O/c1-3-8(2)13-14-7-9-4-5-10(11)12-6-9/h4-6H,3,7H2,1-2H3. The number of nitrogens with zero attached hydrogens (tertiary/aromatic N) is 2. The van der Waals surface area contributed by atoms with E-state index in [9.17, 15) is 0 Å². The molecule has 0 saturated heterocycles. The number of pyridine rings is 1. The van der Waals surface area contributed by atoms with E-state index >= 15 is 0 Å². The van der Waals surface area contributed by atoms with E-state index in [-0.39, 0.29) is 0 Å². The van der Waals surface area contributed by atoms with Crippen molar-refractivity contribution >= 4 is 17.3 Å². The van der Waals surface area contributed by atoms with Crippen molar-refractivity contribution in [2.24, 2.45) is 5.16 Å². The molecular weight excluding hydrogens is 200 g/mol. The van der Waals surface area contributed by atoms with E-state index in [0.717, 1.165) is 17.7 Å². The highest BCUT2D eigenvalue weighted by molar-refractivity contribution is 6.29. The van der Waals surface area contributed by atoms with Crippen LogP contribution in [0.3, 0.4) is 0 Å². The van der Waals surface area contributed by atoms with Gasteiger partial charge in [-0.3, -0.25) is 0 Å². The first-order valence-electron chi connectivity index (χ1n) is 4.48. The highest BCUT2D eigenvalue weighted by Gasteiger charge is 1.94. The van der Waals surface area contributed by atoms with Gasteiger partial charge in [0.1, 0.15) is 11.8 Å². The lowest BCUT2D eigenvalue weighted by Crippen LogP contribution is -1.92. The van der Waals surface area contributed by atoms with Gasteiger partial charge >= 0.3 is 0 Å². The SMILES string of the molecule is CCC(C)=NOCc1ccc(Cl)nc1. The number of oxime groups is 1. The molecule has 0 spiro atoms. The minimum Gasteiger partial charge on any atom is -0.391 e. The first kappa shape index (κ1) is 11.0. The molecule has 1 heterocycles. The zero-order valence-electron chi connectivity index (χ0n) is 8.33. The molecule has 1 aromatic heterocycles. The van der Waals surface area contributed by atoms with E-state index in [2.05, 4.69) is 10.1 Å². The molecule has 4 heteroatoms. The normalized spacial score (nSPS) is 11.5. The molecule has 0 amide bonds. The summed E-state index contributed by atoms with van der Waals surface area (Å²) in [6, 6.07) is 3.60. The van der Waals surface area contributed by atoms with E-state index in [1.54, 1.807) is 12.3 Å². The van der Waals surface area contributed by atoms with Gasteiger partial charge in [0.25, 0.3) is 0 Å². The molecule has 0 N–H and O–H groups in total. The maximum atomic E-state index is 5.64. The third-order valence-corrected chi connectivity index (χ3v) is 1.98. The van der Waals surface area contributed by atoms with Crippen LogP contribution in [0.4, 0.5) is 0 Å². The lowest BCUT2D eigenvalue weighted by molar-refractivity contribution is 0.129. The molecule has 0 fully saturated rings. The summed E-state index contributed by atoms with van der Waals surface area (Å²) in [5.41, 5.74) is 1.94. The van der Waals surface area contributed by atoms with Crippen LogP contribution < -0.4 is 0 Å². The van der Waals surface area contributed by atoms with Crippen molar-refractivity contribution in [3.63, 3.8) is 0 Å². The van der Waals surface area contributed by atoms with Crippen LogP contribution in [0, 0.1) is 0 Å². The number of hydrogen-bond donors (Lipinski definition) is 0. The van der Waals surface area contributed by atoms with Crippen LogP contribution in [-0.4, -0.2) is 10.7 Å². The van der Waals surface area contributed by atoms with Gasteiger partial charge in [-0.05, 0) is 19.4 Å². The number of hydrogen-bond acceptors (Lipinski definition) is 3. The molecule has 76 valence electrons. The van der Waals surface area contributed by atoms with Gasteiger partial charge in [0.15, 0.2) is 0 Å². The van der Waals surface area contributed by atoms with Crippen LogP contribution in [0.1, 0.15) is 25.8 Å². The topological polar surface area (TPSA) is 34.5 Å². The Morgan fingerprint density at radius 3 is 2.93 bits per heavy atom. The lowest BCUT2D eigenvalue weighted by atomic mass is 10.3. The zero-order valence-corrected chi connectivity index (χ0v) is 9.08. The molecular formula is C10H13ClN2O. The second kappa shape index (κ2) is 5.60. The molecule has 0 bridgehead atoms. The van der Waals surface area contributed by atoms with Gasteiger partial charge in [-0.1, -0.05) is 29.7 Å². The van der Waals surface area contributed by atoms with Gasteiger partial charge in [0.05, 0.1) is 5.71 Å². The molecule has 0 radical (unpaired) electrons. The fraction of sp³-hybridized carbons (Fsp3) is 0.400. The van der Waals surface area contributed by atoms with Crippen molar-refractivity contribution < 1.29 is 4.84 Å². The van der Waals surface area contributed by atoms with Crippen LogP contribution in [0.15, 0.2) is 23.5 Å². The maximum absolute atomic E-state index is 5.64. The highest BCUT2D eigenvalue weighted by Crippen LogP contribution is 2.06. The van der Waals surface area contributed by atoms with Crippen LogP contribution in [0.25, 0.3) is 0 Å². The van der Waals surface area contributed by atoms with Gasteiger partial charge in [0.2, 0.25) is 0 Å². The van der Waals surface area contributed by atoms with Gasteiger partial charge in [-0.25, -0.2) is 4.98 Å². The Hall–Kier alpha value is -1.09. The van der Waals surface area contributed by atoms with E-state index in [0.29, 0.717) is 11.8 Å². The Morgan fingerprint density at radius 1 is 1.57 bits per heavy atom. The van der Waals surface area contributed by atoms with Gasteiger partial charge in [0, 0.05) is 11.8 Å². The quantitative estimate of drug-likeness (QED) is 0.437. The Labute approximate surface area is 88.7 Å². The predicted octanol–water partition coefficient (Wildman–Crippen LogP) is 3.04. The Morgan fingerprint density at radius 2 is 2.36 bits per heavy atom. The van der Waals surface area contributed by atoms with Gasteiger partial charge in [-0.2, -0.15) is 0 Å². The first-order valence-corrected chi connectivity index (χ1v) is 4.86. The molecule has 0 aromatic carbocycles. The Bertz CT molecular complexity index is 308. The fourth-order valence-corrected chi connectivity index (χ4v) is 0.885. The second-order valence-corrected chi connectivity index (χ2v) is 3.33. The number of halogens is 1. The van der Waals surface area contributed by atoms with Crippen LogP contribution in [0.2, 0.25) is 5.15 Å². The van der Waals surface area contributed by atoms with Crippen molar-refractivity contribution in [1.82, 2.24) is 4.98 Å². The summed E-state index contributed by atoms with van der Waals surface area (Å²) in [5, 5.41) is 4.40. The Kier molecular flexibility index (Phi) is 4.40. The molecule has 0 aliphatic carbocycles. The molecule has 0 saturated carbocycles. The smallest absolute Gasteiger partial charge is 0.143 e. The summed E-state index contributed by atoms with van der Waals surface area (Å²) in [6.07, 6.45) is 2.58. The monoisotopic (exact) mass is 212 g/mol. The van der Waals surface area contributed by atoms with Crippen LogP contribution in [0.5, 0.6) is 0 Å². The van der Waals surface area contributed by atoms with E-state index in [1.807, 2.05) is 19.9 Å². The van der Waals surface area contributed by atoms with E-state index in [1.165, 1.54) is 0 Å². The molecule has 0 aliphatic heterocycles. The molecule has 3 nitrogen and oxygen atoms in total. The molecule has 1 aromatic rings. The fourth-order valence-electron chi connectivity index (χ4n) is 0.773. The predicted molar refractivity (Wildman–Crippen MR) is 57.4 cm³/mol. The lowest BCUT2D eigenvalue weighted by Gasteiger charge is -2.00. The molecule has 1 rings (SSSR count). The number of aromatic nitrogens is 1. The molecule has 0 unspecified atom stereocenters. The van der Waals surface area contributed by atoms with E-state index < -0.39 is 0 Å². The summed E-state index contributed by atoms with van der Waals surface area (Å²) in [5.74, 6) is 0. The van der Waals surface area contributed by atoms with Crippen LogP contribution >= 0.6 is 11.6 Å². The van der Waals surface area contributed by atoms with Crippen molar-refractivity contribution in [2.75, 3.05) is 0 Å². The summed E-state index contributed by atoms with van der Waals surface area (Å²) in [6.45, 7) is 4.40. The third-order valence-electron chi connectivity index (χ3n) is 1.75. The van der Waals surface area contributed by atoms with E-state index in [4.69, 9.17) is 16.4 Å². The summed E-state index contributed by atoms with van der Waals surface area (Å²) < 4.78 is 0. The molecule has 14 heavy (non-hydrogen) atoms. The van der Waals surface area contributed by atoms with Gasteiger partial charge in [-0.15, -0.1) is 0 Å². The highest BCUT2D eigenvalue weighted by atomic mass is 35.5. The second-order valence-electron chi connectivity index (χ2n) is 2.94. The average Bonchev–Trinajstić information content (AvgIpc) is 2.21. The van der Waals surface area contributed by atoms with Crippen LogP contribution in [-0.2, 0) is 11.4 Å². The third kappa shape index (κ3) is 3.75. The summed E-state index contributed by atoms with van der Waals surface area (Å²) in [4.78, 5) is 9.05. The minimum absolute atomic E-state index is 0.432. The zero-order chi connectivity index (χ0) is 10.4. The average molecular weight is 213 g/mol. The summed E-state index contributed by atoms with van der Waals surface area (Å²) in [7, 11) is 0. The molecule has 0 atom stereocenters. The summed E-state index contributed by atoms with van der Waals surface area (Å²) >= 11 is 5.64. The van der Waals surface area contributed by atoms with Crippen molar-refractivity contribution in [1.29, 1.82) is 0 Å². The van der Waals surface area contributed by atoms with Gasteiger partial charge < -0.3 is 4.84 Å². The molecule has 0 aliphatic rings. The van der Waals surface area contributed by atoms with Crippen molar-refractivity contribution in [3.8, 4) is 0 Å². The Balaban J connectivity index is 2.42. The minimum atomic E-state index is 0.432. The number of rotatable bonds is 4. The first-order chi connectivity index (χ1) is 6.72. The van der Waals surface area contributed by atoms with Crippen molar-refractivity contribution in [2.45, 2.75) is 26.9 Å².